The summed E-state index contributed by atoms with van der Waals surface area (Å²) in [6.07, 6.45) is 5.12. The van der Waals surface area contributed by atoms with Crippen LogP contribution in [0.15, 0.2) is 0 Å². The Morgan fingerprint density at radius 1 is 1.40 bits per heavy atom. The monoisotopic (exact) mass is 284 g/mol. The Morgan fingerprint density at radius 2 is 2.00 bits per heavy atom. The number of carboxylic acid groups (broad SMARTS) is 1. The molecule has 0 radical (unpaired) electrons. The zero-order valence-electron chi connectivity index (χ0n) is 12.7. The first-order valence-electron chi connectivity index (χ1n) is 7.62. The van der Waals surface area contributed by atoms with Gasteiger partial charge in [-0.1, -0.05) is 13.8 Å². The van der Waals surface area contributed by atoms with Crippen molar-refractivity contribution in [2.75, 3.05) is 13.1 Å². The molecular weight excluding hydrogens is 256 g/mol. The van der Waals surface area contributed by atoms with Gasteiger partial charge in [-0.05, 0) is 44.4 Å². The number of hydrogen-bond donors (Lipinski definition) is 3. The molecule has 1 aliphatic carbocycles. The molecule has 1 saturated carbocycles. The Kier molecular flexibility index (Phi) is 6.46. The molecule has 0 saturated heterocycles. The molecule has 1 unspecified atom stereocenters. The summed E-state index contributed by atoms with van der Waals surface area (Å²) < 4.78 is 0. The number of amides is 1. The van der Waals surface area contributed by atoms with Crippen LogP contribution in [0.1, 0.15) is 52.4 Å². The fraction of sp³-hybridized carbons (Fsp3) is 0.867. The van der Waals surface area contributed by atoms with Crippen LogP contribution < -0.4 is 11.1 Å². The van der Waals surface area contributed by atoms with Gasteiger partial charge in [-0.15, -0.1) is 0 Å². The van der Waals surface area contributed by atoms with Crippen molar-refractivity contribution in [3.63, 3.8) is 0 Å². The highest BCUT2D eigenvalue weighted by Gasteiger charge is 2.39. The molecule has 116 valence electrons. The summed E-state index contributed by atoms with van der Waals surface area (Å²) in [6, 6.07) is 0. The van der Waals surface area contributed by atoms with E-state index in [2.05, 4.69) is 12.2 Å². The van der Waals surface area contributed by atoms with Gasteiger partial charge in [0.15, 0.2) is 0 Å². The molecule has 1 atom stereocenters. The Morgan fingerprint density at radius 3 is 2.50 bits per heavy atom. The summed E-state index contributed by atoms with van der Waals surface area (Å²) in [5.41, 5.74) is 5.44. The van der Waals surface area contributed by atoms with E-state index in [9.17, 15) is 9.59 Å². The third-order valence-electron chi connectivity index (χ3n) is 4.62. The molecule has 1 aliphatic rings. The van der Waals surface area contributed by atoms with Gasteiger partial charge < -0.3 is 16.2 Å². The molecule has 0 aliphatic heterocycles. The standard InChI is InChI=1S/C15H28N2O3/c1-11-5-7-15(10-16,8-6-11)14(20)17-9-3-4-12(2)13(18)19/h11-12H,3-10,16H2,1-2H3,(H,17,20)(H,18,19). The van der Waals surface area contributed by atoms with Crippen LogP contribution in [-0.4, -0.2) is 30.1 Å². The number of nitrogens with two attached hydrogens (primary N) is 1. The maximum Gasteiger partial charge on any atom is 0.306 e. The number of rotatable bonds is 7. The fourth-order valence-electron chi connectivity index (χ4n) is 2.76. The van der Waals surface area contributed by atoms with Gasteiger partial charge in [-0.3, -0.25) is 9.59 Å². The first-order chi connectivity index (χ1) is 9.41. The Labute approximate surface area is 121 Å². The van der Waals surface area contributed by atoms with E-state index in [-0.39, 0.29) is 11.8 Å². The third-order valence-corrected chi connectivity index (χ3v) is 4.62. The van der Waals surface area contributed by atoms with Crippen molar-refractivity contribution in [2.45, 2.75) is 52.4 Å². The van der Waals surface area contributed by atoms with Crippen molar-refractivity contribution in [1.29, 1.82) is 0 Å². The zero-order chi connectivity index (χ0) is 15.2. The Hall–Kier alpha value is -1.10. The van der Waals surface area contributed by atoms with E-state index in [4.69, 9.17) is 10.8 Å². The van der Waals surface area contributed by atoms with Crippen LogP contribution in [0, 0.1) is 17.3 Å². The van der Waals surface area contributed by atoms with Crippen LogP contribution >= 0.6 is 0 Å². The van der Waals surface area contributed by atoms with Gasteiger partial charge in [0.2, 0.25) is 5.91 Å². The van der Waals surface area contributed by atoms with Gasteiger partial charge in [0.25, 0.3) is 0 Å². The zero-order valence-corrected chi connectivity index (χ0v) is 12.7. The molecule has 0 aromatic rings. The minimum atomic E-state index is -0.781. The molecular formula is C15H28N2O3. The van der Waals surface area contributed by atoms with Gasteiger partial charge in [0, 0.05) is 13.1 Å². The number of aliphatic carboxylic acids is 1. The van der Waals surface area contributed by atoms with E-state index in [1.54, 1.807) is 6.92 Å². The lowest BCUT2D eigenvalue weighted by Gasteiger charge is -2.37. The number of carboxylic acids is 1. The Bertz CT molecular complexity index is 336. The second kappa shape index (κ2) is 7.62. The number of carbonyl (C=O) groups is 2. The van der Waals surface area contributed by atoms with Crippen molar-refractivity contribution in [2.24, 2.45) is 23.0 Å². The van der Waals surface area contributed by atoms with E-state index in [1.807, 2.05) is 0 Å². The van der Waals surface area contributed by atoms with Gasteiger partial charge in [0.05, 0.1) is 11.3 Å². The quantitative estimate of drug-likeness (QED) is 0.621. The lowest BCUT2D eigenvalue weighted by atomic mass is 9.70. The summed E-state index contributed by atoms with van der Waals surface area (Å²) >= 11 is 0. The topological polar surface area (TPSA) is 92.4 Å². The van der Waals surface area contributed by atoms with Gasteiger partial charge >= 0.3 is 5.97 Å². The van der Waals surface area contributed by atoms with Gasteiger partial charge in [-0.2, -0.15) is 0 Å². The van der Waals surface area contributed by atoms with Gasteiger partial charge in [0.1, 0.15) is 0 Å². The maximum atomic E-state index is 12.3. The molecule has 0 aromatic carbocycles. The molecule has 0 spiro atoms. The summed E-state index contributed by atoms with van der Waals surface area (Å²) in [7, 11) is 0. The molecule has 4 N–H and O–H groups in total. The van der Waals surface area contributed by atoms with E-state index in [0.717, 1.165) is 25.7 Å². The molecule has 20 heavy (non-hydrogen) atoms. The average molecular weight is 284 g/mol. The molecule has 0 heterocycles. The summed E-state index contributed by atoms with van der Waals surface area (Å²) in [6.45, 7) is 4.84. The predicted molar refractivity (Wildman–Crippen MR) is 78.2 cm³/mol. The normalized spacial score (nSPS) is 27.9. The summed E-state index contributed by atoms with van der Waals surface area (Å²) in [5, 5.41) is 11.7. The minimum absolute atomic E-state index is 0.0508. The third kappa shape index (κ3) is 4.47. The van der Waals surface area contributed by atoms with Crippen LogP contribution in [0.5, 0.6) is 0 Å². The van der Waals surface area contributed by atoms with Crippen molar-refractivity contribution < 1.29 is 14.7 Å². The van der Waals surface area contributed by atoms with Crippen molar-refractivity contribution >= 4 is 11.9 Å². The van der Waals surface area contributed by atoms with Crippen LogP contribution in [-0.2, 0) is 9.59 Å². The lowest BCUT2D eigenvalue weighted by molar-refractivity contribution is -0.141. The molecule has 1 amide bonds. The van der Waals surface area contributed by atoms with E-state index < -0.39 is 11.4 Å². The highest BCUT2D eigenvalue weighted by atomic mass is 16.4. The number of hydrogen-bond acceptors (Lipinski definition) is 3. The van der Waals surface area contributed by atoms with Crippen LogP contribution in [0.2, 0.25) is 0 Å². The molecule has 1 fully saturated rings. The molecule has 0 bridgehead atoms. The largest absolute Gasteiger partial charge is 0.481 e. The van der Waals surface area contributed by atoms with Crippen molar-refractivity contribution in [3.05, 3.63) is 0 Å². The number of carbonyl (C=O) groups excluding carboxylic acids is 1. The molecule has 5 nitrogen and oxygen atoms in total. The fourth-order valence-corrected chi connectivity index (χ4v) is 2.76. The Balaban J connectivity index is 2.35. The lowest BCUT2D eigenvalue weighted by Crippen LogP contribution is -2.48. The van der Waals surface area contributed by atoms with Crippen molar-refractivity contribution in [1.82, 2.24) is 5.32 Å². The van der Waals surface area contributed by atoms with E-state index in [1.165, 1.54) is 0 Å². The van der Waals surface area contributed by atoms with Gasteiger partial charge in [-0.25, -0.2) is 0 Å². The minimum Gasteiger partial charge on any atom is -0.481 e. The molecule has 1 rings (SSSR count). The second-order valence-electron chi connectivity index (χ2n) is 6.30. The first kappa shape index (κ1) is 17.0. The van der Waals surface area contributed by atoms with E-state index in [0.29, 0.717) is 31.8 Å². The first-order valence-corrected chi connectivity index (χ1v) is 7.62. The predicted octanol–water partition coefficient (Wildman–Crippen LogP) is 1.76. The highest BCUT2D eigenvalue weighted by molar-refractivity contribution is 5.83. The van der Waals surface area contributed by atoms with Crippen LogP contribution in [0.25, 0.3) is 0 Å². The van der Waals surface area contributed by atoms with Crippen LogP contribution in [0.3, 0.4) is 0 Å². The summed E-state index contributed by atoms with van der Waals surface area (Å²) in [4.78, 5) is 23.0. The highest BCUT2D eigenvalue weighted by Crippen LogP contribution is 2.38. The van der Waals surface area contributed by atoms with Crippen molar-refractivity contribution in [3.8, 4) is 0 Å². The van der Waals surface area contributed by atoms with Crippen LogP contribution in [0.4, 0.5) is 0 Å². The summed E-state index contributed by atoms with van der Waals surface area (Å²) in [5.74, 6) is -0.407. The average Bonchev–Trinajstić information content (AvgIpc) is 2.44. The number of nitrogens with one attached hydrogen (secondary N) is 1. The SMILES string of the molecule is CC1CCC(CN)(C(=O)NCCCC(C)C(=O)O)CC1. The molecule has 0 aromatic heterocycles. The maximum absolute atomic E-state index is 12.3. The smallest absolute Gasteiger partial charge is 0.306 e. The molecule has 5 heteroatoms. The second-order valence-corrected chi connectivity index (χ2v) is 6.30. The van der Waals surface area contributed by atoms with E-state index >= 15 is 0 Å².